The molecule has 26 heavy (non-hydrogen) atoms. The summed E-state index contributed by atoms with van der Waals surface area (Å²) in [6.45, 7) is 8.62. The number of hydrogen-bond acceptors (Lipinski definition) is 2. The number of carbonyl (C=O) groups is 1. The molecule has 1 saturated heterocycles. The largest absolute Gasteiger partial charge is 0.368 e. The summed E-state index contributed by atoms with van der Waals surface area (Å²) >= 11 is 0. The molecule has 5 fully saturated rings. The zero-order valence-corrected chi connectivity index (χ0v) is 16.3. The number of benzene rings is 1. The van der Waals surface area contributed by atoms with E-state index < -0.39 is 0 Å². The third-order valence-corrected chi connectivity index (χ3v) is 7.77. The smallest absolute Gasteiger partial charge is 0.228 e. The molecule has 1 heterocycles. The van der Waals surface area contributed by atoms with Crippen LogP contribution in [0.3, 0.4) is 0 Å². The highest BCUT2D eigenvalue weighted by molar-refractivity contribution is 5.84. The van der Waals surface area contributed by atoms with Crippen LogP contribution in [0.2, 0.25) is 0 Å². The Hall–Kier alpha value is -1.51. The van der Waals surface area contributed by atoms with E-state index in [2.05, 4.69) is 54.0 Å². The molecule has 4 aliphatic carbocycles. The summed E-state index contributed by atoms with van der Waals surface area (Å²) in [5, 5.41) is 0. The lowest BCUT2D eigenvalue weighted by atomic mass is 9.40. The average molecular weight is 353 g/mol. The summed E-state index contributed by atoms with van der Waals surface area (Å²) in [4.78, 5) is 18.3. The Morgan fingerprint density at radius 2 is 1.50 bits per heavy atom. The van der Waals surface area contributed by atoms with Crippen molar-refractivity contribution < 1.29 is 4.79 Å². The lowest BCUT2D eigenvalue weighted by Gasteiger charge is -2.65. The van der Waals surface area contributed by atoms with Gasteiger partial charge in [-0.05, 0) is 67.4 Å². The Bertz CT molecular complexity index is 688. The number of anilines is 1. The van der Waals surface area contributed by atoms with Crippen LogP contribution in [0.1, 0.15) is 52.4 Å². The molecule has 4 bridgehead atoms. The Kier molecular flexibility index (Phi) is 3.52. The van der Waals surface area contributed by atoms with Crippen molar-refractivity contribution in [3.05, 3.63) is 30.3 Å². The van der Waals surface area contributed by atoms with Crippen LogP contribution >= 0.6 is 0 Å². The van der Waals surface area contributed by atoms with Gasteiger partial charge < -0.3 is 9.80 Å². The number of para-hydroxylation sites is 1. The van der Waals surface area contributed by atoms with E-state index in [0.29, 0.717) is 16.7 Å². The van der Waals surface area contributed by atoms with Gasteiger partial charge in [-0.1, -0.05) is 32.0 Å². The Morgan fingerprint density at radius 1 is 0.885 bits per heavy atom. The molecule has 1 aromatic carbocycles. The fraction of sp³-hybridized carbons (Fsp3) is 0.696. The van der Waals surface area contributed by atoms with Gasteiger partial charge in [0, 0.05) is 31.9 Å². The fourth-order valence-electron chi connectivity index (χ4n) is 7.83. The molecule has 140 valence electrons. The second-order valence-electron chi connectivity index (χ2n) is 10.5. The van der Waals surface area contributed by atoms with E-state index in [1.807, 2.05) is 0 Å². The van der Waals surface area contributed by atoms with Crippen LogP contribution in [0.15, 0.2) is 30.3 Å². The van der Waals surface area contributed by atoms with E-state index in [1.165, 1.54) is 24.9 Å². The monoisotopic (exact) mass is 352 g/mol. The van der Waals surface area contributed by atoms with Gasteiger partial charge in [-0.15, -0.1) is 0 Å². The van der Waals surface area contributed by atoms with Crippen molar-refractivity contribution in [2.24, 2.45) is 22.2 Å². The van der Waals surface area contributed by atoms with E-state index in [1.54, 1.807) is 0 Å². The van der Waals surface area contributed by atoms with Crippen LogP contribution in [-0.4, -0.2) is 37.0 Å². The number of amides is 1. The summed E-state index contributed by atoms with van der Waals surface area (Å²) in [6, 6.07) is 10.6. The predicted molar refractivity (Wildman–Crippen MR) is 105 cm³/mol. The lowest BCUT2D eigenvalue weighted by Crippen LogP contribution is -2.62. The van der Waals surface area contributed by atoms with Crippen LogP contribution < -0.4 is 4.90 Å². The van der Waals surface area contributed by atoms with E-state index in [9.17, 15) is 4.79 Å². The number of rotatable bonds is 2. The highest BCUT2D eigenvalue weighted by atomic mass is 16.2. The number of nitrogens with zero attached hydrogens (tertiary/aromatic N) is 2. The first-order valence-electron chi connectivity index (χ1n) is 10.5. The third kappa shape index (κ3) is 2.58. The first-order chi connectivity index (χ1) is 12.4. The van der Waals surface area contributed by atoms with Gasteiger partial charge in [-0.25, -0.2) is 0 Å². The van der Waals surface area contributed by atoms with Gasteiger partial charge in [0.05, 0.1) is 5.41 Å². The van der Waals surface area contributed by atoms with Gasteiger partial charge in [0.2, 0.25) is 5.91 Å². The third-order valence-electron chi connectivity index (χ3n) is 7.77. The summed E-state index contributed by atoms with van der Waals surface area (Å²) in [5.74, 6) is 1.28. The molecular formula is C23H32N2O. The zero-order chi connectivity index (χ0) is 18.0. The molecule has 1 aliphatic heterocycles. The summed E-state index contributed by atoms with van der Waals surface area (Å²) in [6.07, 6.45) is 7.51. The number of piperazine rings is 1. The van der Waals surface area contributed by atoms with Crippen molar-refractivity contribution in [2.75, 3.05) is 31.1 Å². The molecule has 3 heteroatoms. The number of hydrogen-bond donors (Lipinski definition) is 0. The van der Waals surface area contributed by atoms with E-state index in [0.717, 1.165) is 51.4 Å². The molecule has 5 aliphatic rings. The van der Waals surface area contributed by atoms with E-state index in [4.69, 9.17) is 0 Å². The van der Waals surface area contributed by atoms with E-state index in [-0.39, 0.29) is 5.41 Å². The van der Waals surface area contributed by atoms with Crippen molar-refractivity contribution >= 4 is 11.6 Å². The summed E-state index contributed by atoms with van der Waals surface area (Å²) < 4.78 is 0. The molecule has 4 saturated carbocycles. The van der Waals surface area contributed by atoms with Crippen LogP contribution in [0, 0.1) is 22.2 Å². The Balaban J connectivity index is 1.32. The second-order valence-corrected chi connectivity index (χ2v) is 10.5. The minimum Gasteiger partial charge on any atom is -0.368 e. The molecule has 2 atom stereocenters. The van der Waals surface area contributed by atoms with Gasteiger partial charge in [-0.3, -0.25) is 4.79 Å². The molecule has 0 radical (unpaired) electrons. The molecule has 0 aromatic heterocycles. The molecule has 0 unspecified atom stereocenters. The Labute approximate surface area is 157 Å². The first kappa shape index (κ1) is 16.6. The standard InChI is InChI=1S/C23H32N2O/c1-21-12-18-13-22(2,15-21)17-23(14-18,16-21)20(26)25-10-8-24(9-11-25)19-6-4-3-5-7-19/h3-7,18H,8-17H2,1-2H3/t18?,21-,22-,23?/m1/s1. The lowest BCUT2D eigenvalue weighted by molar-refractivity contribution is -0.179. The fourth-order valence-corrected chi connectivity index (χ4v) is 7.83. The molecular weight excluding hydrogens is 320 g/mol. The topological polar surface area (TPSA) is 23.6 Å². The predicted octanol–water partition coefficient (Wildman–Crippen LogP) is 4.33. The van der Waals surface area contributed by atoms with Crippen molar-refractivity contribution in [2.45, 2.75) is 52.4 Å². The maximum absolute atomic E-state index is 13.7. The van der Waals surface area contributed by atoms with Crippen LogP contribution in [0.5, 0.6) is 0 Å². The Morgan fingerprint density at radius 3 is 2.08 bits per heavy atom. The van der Waals surface area contributed by atoms with Crippen molar-refractivity contribution in [1.82, 2.24) is 4.90 Å². The van der Waals surface area contributed by atoms with Crippen LogP contribution in [0.4, 0.5) is 5.69 Å². The molecule has 3 nitrogen and oxygen atoms in total. The molecule has 1 aromatic rings. The summed E-state index contributed by atoms with van der Waals surface area (Å²) in [5.41, 5.74) is 2.07. The van der Waals surface area contributed by atoms with Gasteiger partial charge in [0.25, 0.3) is 0 Å². The second kappa shape index (κ2) is 5.50. The SMILES string of the molecule is C[C@]12CC3CC(C(=O)N4CCN(c5ccccc5)CC4)(C1)C[C@](C)(C3)C2. The molecule has 0 N–H and O–H groups in total. The van der Waals surface area contributed by atoms with Gasteiger partial charge >= 0.3 is 0 Å². The zero-order valence-electron chi connectivity index (χ0n) is 16.3. The van der Waals surface area contributed by atoms with Gasteiger partial charge in [0.15, 0.2) is 0 Å². The van der Waals surface area contributed by atoms with Crippen LogP contribution in [-0.2, 0) is 4.79 Å². The highest BCUT2D eigenvalue weighted by Gasteiger charge is 2.63. The number of carbonyl (C=O) groups excluding carboxylic acids is 1. The maximum Gasteiger partial charge on any atom is 0.228 e. The molecule has 1 amide bonds. The average Bonchev–Trinajstić information content (AvgIpc) is 2.59. The molecule has 6 rings (SSSR count). The van der Waals surface area contributed by atoms with Crippen molar-refractivity contribution in [3.8, 4) is 0 Å². The minimum atomic E-state index is -0.0438. The van der Waals surface area contributed by atoms with Gasteiger partial charge in [0.1, 0.15) is 0 Å². The quantitative estimate of drug-likeness (QED) is 0.791. The van der Waals surface area contributed by atoms with E-state index >= 15 is 0 Å². The van der Waals surface area contributed by atoms with Crippen molar-refractivity contribution in [3.63, 3.8) is 0 Å². The molecule has 0 spiro atoms. The van der Waals surface area contributed by atoms with Gasteiger partial charge in [-0.2, -0.15) is 0 Å². The van der Waals surface area contributed by atoms with Crippen LogP contribution in [0.25, 0.3) is 0 Å². The van der Waals surface area contributed by atoms with Crippen molar-refractivity contribution in [1.29, 1.82) is 0 Å². The maximum atomic E-state index is 13.7. The minimum absolute atomic E-state index is 0.0438. The first-order valence-corrected chi connectivity index (χ1v) is 10.5. The summed E-state index contributed by atoms with van der Waals surface area (Å²) in [7, 11) is 0. The normalized spacial score (nSPS) is 41.5. The highest BCUT2D eigenvalue weighted by Crippen LogP contribution is 2.69.